The number of esters is 1. The molecule has 6 fully saturated rings. The third-order valence-electron chi connectivity index (χ3n) is 9.54. The molecule has 4 saturated carbocycles. The molecule has 0 radical (unpaired) electrons. The van der Waals surface area contributed by atoms with Crippen molar-refractivity contribution in [2.24, 2.45) is 34.5 Å². The topological polar surface area (TPSA) is 51.4 Å². The highest BCUT2D eigenvalue weighted by Crippen LogP contribution is 2.74. The molecule has 2 saturated heterocycles. The van der Waals surface area contributed by atoms with Crippen LogP contribution in [0.3, 0.4) is 0 Å². The predicted octanol–water partition coefficient (Wildman–Crippen LogP) is 3.67. The van der Waals surface area contributed by atoms with Crippen LogP contribution in [-0.4, -0.2) is 30.1 Å². The first kappa shape index (κ1) is 15.4. The minimum Gasteiger partial charge on any atom is -0.430 e. The highest BCUT2D eigenvalue weighted by atomic mass is 16.8. The van der Waals surface area contributed by atoms with Gasteiger partial charge in [0.25, 0.3) is 0 Å². The second kappa shape index (κ2) is 4.44. The average Bonchev–Trinajstić information content (AvgIpc) is 3.42. The first-order valence-electron chi connectivity index (χ1n) is 10.4. The van der Waals surface area contributed by atoms with E-state index >= 15 is 0 Å². The number of rotatable bonds is 1. The first-order valence-corrected chi connectivity index (χ1v) is 10.4. The Bertz CT molecular complexity index is 648. The molecule has 0 aromatic heterocycles. The zero-order chi connectivity index (χ0) is 17.2. The van der Waals surface area contributed by atoms with Crippen LogP contribution in [0.15, 0.2) is 0 Å². The van der Waals surface area contributed by atoms with Crippen molar-refractivity contribution in [2.75, 3.05) is 0 Å². The Morgan fingerprint density at radius 1 is 1.08 bits per heavy atom. The van der Waals surface area contributed by atoms with Crippen LogP contribution in [0, 0.1) is 34.5 Å². The van der Waals surface area contributed by atoms with E-state index in [9.17, 15) is 4.79 Å². The lowest BCUT2D eigenvalue weighted by atomic mass is 9.45. The van der Waals surface area contributed by atoms with E-state index in [1.54, 1.807) is 0 Å². The van der Waals surface area contributed by atoms with Gasteiger partial charge in [-0.25, -0.2) is 0 Å². The summed E-state index contributed by atoms with van der Waals surface area (Å²) >= 11 is 0. The number of carbonyl (C=O) groups is 1. The van der Waals surface area contributed by atoms with Crippen molar-refractivity contribution in [3.8, 4) is 0 Å². The van der Waals surface area contributed by atoms with Crippen LogP contribution in [0.4, 0.5) is 0 Å². The maximum Gasteiger partial charge on any atom is 0.305 e. The molecule has 10 atom stereocenters. The molecule has 6 aliphatic rings. The van der Waals surface area contributed by atoms with Crippen LogP contribution in [0.2, 0.25) is 0 Å². The summed E-state index contributed by atoms with van der Waals surface area (Å²) in [7, 11) is 0. The van der Waals surface area contributed by atoms with E-state index in [-0.39, 0.29) is 17.5 Å². The van der Waals surface area contributed by atoms with Gasteiger partial charge in [0.05, 0.1) is 12.2 Å². The largest absolute Gasteiger partial charge is 0.430 e. The molecule has 0 aromatic carbocycles. The monoisotopic (exact) mass is 346 g/mol. The number of hydrogen-bond donors (Lipinski definition) is 0. The van der Waals surface area contributed by atoms with Gasteiger partial charge in [0.1, 0.15) is 6.10 Å². The Morgan fingerprint density at radius 3 is 2.72 bits per heavy atom. The second-order valence-corrected chi connectivity index (χ2v) is 10.4. The fourth-order valence-electron chi connectivity index (χ4n) is 8.24. The van der Waals surface area contributed by atoms with E-state index in [4.69, 9.17) is 14.2 Å². The molecule has 25 heavy (non-hydrogen) atoms. The molecule has 6 rings (SSSR count). The van der Waals surface area contributed by atoms with Crippen molar-refractivity contribution in [1.82, 2.24) is 0 Å². The van der Waals surface area contributed by atoms with Crippen LogP contribution in [-0.2, 0) is 19.0 Å². The number of hydrogen-bond acceptors (Lipinski definition) is 4. The lowest BCUT2D eigenvalue weighted by molar-refractivity contribution is -0.198. The third-order valence-corrected chi connectivity index (χ3v) is 9.54. The van der Waals surface area contributed by atoms with Crippen LogP contribution < -0.4 is 0 Å². The molecule has 3 unspecified atom stereocenters. The van der Waals surface area contributed by atoms with Gasteiger partial charge in [-0.05, 0) is 74.0 Å². The van der Waals surface area contributed by atoms with Gasteiger partial charge in [-0.15, -0.1) is 0 Å². The van der Waals surface area contributed by atoms with Crippen molar-refractivity contribution >= 4 is 5.97 Å². The van der Waals surface area contributed by atoms with Crippen LogP contribution >= 0.6 is 0 Å². The van der Waals surface area contributed by atoms with E-state index in [0.29, 0.717) is 23.5 Å². The standard InChI is InChI=1S/C21H30O4/c1-11(22)24-21-18(25-21)9-15-13-5-4-12-8-16-17(23-16)10-19(12,2)14(13)6-7-20(15,21)3/h12-18H,4-10H2,1-3H3/t12-,13?,14?,15?,16-,17+,18+,19-,20-,21+/m0/s1. The molecular formula is C21H30O4. The van der Waals surface area contributed by atoms with E-state index in [0.717, 1.165) is 30.6 Å². The molecule has 0 spiro atoms. The van der Waals surface area contributed by atoms with Crippen LogP contribution in [0.1, 0.15) is 65.7 Å². The van der Waals surface area contributed by atoms with Gasteiger partial charge in [0, 0.05) is 12.3 Å². The van der Waals surface area contributed by atoms with Gasteiger partial charge in [-0.3, -0.25) is 4.79 Å². The molecule has 0 N–H and O–H groups in total. The molecule has 4 aliphatic carbocycles. The molecule has 0 aromatic rings. The second-order valence-electron chi connectivity index (χ2n) is 10.4. The van der Waals surface area contributed by atoms with Gasteiger partial charge >= 0.3 is 5.97 Å². The molecule has 4 nitrogen and oxygen atoms in total. The summed E-state index contributed by atoms with van der Waals surface area (Å²) in [5, 5.41) is 0. The molecule has 138 valence electrons. The zero-order valence-electron chi connectivity index (χ0n) is 15.6. The van der Waals surface area contributed by atoms with Crippen molar-refractivity contribution in [3.05, 3.63) is 0 Å². The van der Waals surface area contributed by atoms with Gasteiger partial charge in [0.15, 0.2) is 0 Å². The van der Waals surface area contributed by atoms with Crippen molar-refractivity contribution in [2.45, 2.75) is 89.8 Å². The summed E-state index contributed by atoms with van der Waals surface area (Å²) in [5.74, 6) is 2.33. The van der Waals surface area contributed by atoms with E-state index in [1.807, 2.05) is 0 Å². The van der Waals surface area contributed by atoms with E-state index < -0.39 is 5.79 Å². The third kappa shape index (κ3) is 1.74. The Kier molecular flexibility index (Phi) is 2.74. The minimum absolute atomic E-state index is 0.0149. The maximum absolute atomic E-state index is 11.7. The Hall–Kier alpha value is -0.610. The van der Waals surface area contributed by atoms with Gasteiger partial charge in [-0.2, -0.15) is 0 Å². The van der Waals surface area contributed by atoms with Crippen LogP contribution in [0.25, 0.3) is 0 Å². The van der Waals surface area contributed by atoms with Crippen molar-refractivity contribution in [1.29, 1.82) is 0 Å². The highest BCUT2D eigenvalue weighted by Gasteiger charge is 2.80. The molecule has 4 heteroatoms. The lowest BCUT2D eigenvalue weighted by Gasteiger charge is -2.60. The number of epoxide rings is 2. The highest BCUT2D eigenvalue weighted by molar-refractivity contribution is 5.67. The molecule has 0 bridgehead atoms. The lowest BCUT2D eigenvalue weighted by Crippen LogP contribution is -2.56. The summed E-state index contributed by atoms with van der Waals surface area (Å²) in [6.07, 6.45) is 10.1. The fraction of sp³-hybridized carbons (Fsp3) is 0.952. The maximum atomic E-state index is 11.7. The predicted molar refractivity (Wildman–Crippen MR) is 90.5 cm³/mol. The summed E-state index contributed by atoms with van der Waals surface area (Å²) in [4.78, 5) is 11.7. The van der Waals surface area contributed by atoms with Crippen molar-refractivity contribution < 1.29 is 19.0 Å². The van der Waals surface area contributed by atoms with Crippen LogP contribution in [0.5, 0.6) is 0 Å². The van der Waals surface area contributed by atoms with Crippen molar-refractivity contribution in [3.63, 3.8) is 0 Å². The van der Waals surface area contributed by atoms with Gasteiger partial charge in [0.2, 0.25) is 5.79 Å². The van der Waals surface area contributed by atoms with Gasteiger partial charge < -0.3 is 14.2 Å². The Morgan fingerprint density at radius 2 is 1.92 bits per heavy atom. The Labute approximate surface area is 150 Å². The normalized spacial score (nSPS) is 63.4. The summed E-state index contributed by atoms with van der Waals surface area (Å²) in [5.41, 5.74) is 0.477. The Balaban J connectivity index is 1.32. The first-order chi connectivity index (χ1) is 11.9. The SMILES string of the molecule is CC(=O)O[C@@]12O[C@@H]1CC1C3CC[C@H]4C[C@@H]5O[C@@H]5C[C@]4(C)C3CC[C@@]12C. The average molecular weight is 346 g/mol. The van der Waals surface area contributed by atoms with Gasteiger partial charge in [-0.1, -0.05) is 13.8 Å². The molecular weight excluding hydrogens is 316 g/mol. The quantitative estimate of drug-likeness (QED) is 0.537. The summed E-state index contributed by atoms with van der Waals surface area (Å²) in [6, 6.07) is 0. The molecule has 2 heterocycles. The minimum atomic E-state index is -0.594. The number of fused-ring (bicyclic) bond motifs is 8. The zero-order valence-corrected chi connectivity index (χ0v) is 15.6. The number of ether oxygens (including phenoxy) is 3. The van der Waals surface area contributed by atoms with E-state index in [2.05, 4.69) is 13.8 Å². The fourth-order valence-corrected chi connectivity index (χ4v) is 8.24. The van der Waals surface area contributed by atoms with E-state index in [1.165, 1.54) is 39.0 Å². The summed E-state index contributed by atoms with van der Waals surface area (Å²) < 4.78 is 17.7. The smallest absolute Gasteiger partial charge is 0.305 e. The molecule has 0 amide bonds. The number of carbonyl (C=O) groups excluding carboxylic acids is 1. The summed E-state index contributed by atoms with van der Waals surface area (Å²) in [6.45, 7) is 6.44. The molecule has 2 aliphatic heterocycles.